The molecular formula is C25H23BrN2O2S. The Morgan fingerprint density at radius 2 is 1.48 bits per heavy atom. The zero-order valence-electron chi connectivity index (χ0n) is 17.6. The third-order valence-electron chi connectivity index (χ3n) is 5.24. The Balaban J connectivity index is 2.05. The molecule has 4 aromatic rings. The molecule has 158 valence electrons. The van der Waals surface area contributed by atoms with E-state index >= 15 is 0 Å². The zero-order valence-corrected chi connectivity index (χ0v) is 20.0. The van der Waals surface area contributed by atoms with Crippen LogP contribution in [0.5, 0.6) is 0 Å². The quantitative estimate of drug-likeness (QED) is 0.314. The number of benzene rings is 3. The molecule has 4 rings (SSSR count). The standard InChI is InChI=1S/C25H23BrN2O2S/c1-17(2)28(31(29,30)21-15-13-20(26)14-16-21)25-24(19-9-5-4-6-10-19)18(3)22-11-7-8-12-23(22)27-25/h4-17H,1-3H3. The van der Waals surface area contributed by atoms with E-state index in [-0.39, 0.29) is 10.9 Å². The molecule has 0 unspecified atom stereocenters. The Hall–Kier alpha value is -2.70. The summed E-state index contributed by atoms with van der Waals surface area (Å²) in [6, 6.07) is 24.1. The third-order valence-corrected chi connectivity index (χ3v) is 7.75. The molecule has 0 aliphatic heterocycles. The fourth-order valence-corrected chi connectivity index (χ4v) is 5.71. The van der Waals surface area contributed by atoms with E-state index in [0.717, 1.165) is 32.1 Å². The summed E-state index contributed by atoms with van der Waals surface area (Å²) in [6.07, 6.45) is 0. The second kappa shape index (κ2) is 8.44. The molecule has 0 spiro atoms. The van der Waals surface area contributed by atoms with Crippen LogP contribution in [0, 0.1) is 6.92 Å². The number of anilines is 1. The van der Waals surface area contributed by atoms with Crippen LogP contribution in [0.2, 0.25) is 0 Å². The highest BCUT2D eigenvalue weighted by molar-refractivity contribution is 9.10. The Kier molecular flexibility index (Phi) is 5.86. The summed E-state index contributed by atoms with van der Waals surface area (Å²) in [5.41, 5.74) is 3.54. The average molecular weight is 495 g/mol. The monoisotopic (exact) mass is 494 g/mol. The van der Waals surface area contributed by atoms with E-state index in [4.69, 9.17) is 4.98 Å². The van der Waals surface area contributed by atoms with Crippen molar-refractivity contribution in [2.24, 2.45) is 0 Å². The maximum atomic E-state index is 13.8. The van der Waals surface area contributed by atoms with Crippen LogP contribution >= 0.6 is 15.9 Å². The number of fused-ring (bicyclic) bond motifs is 1. The number of para-hydroxylation sites is 1. The molecule has 0 fully saturated rings. The highest BCUT2D eigenvalue weighted by atomic mass is 79.9. The SMILES string of the molecule is Cc1c(-c2ccccc2)c(N(C(C)C)S(=O)(=O)c2ccc(Br)cc2)nc2ccccc12. The van der Waals surface area contributed by atoms with Gasteiger partial charge in [-0.15, -0.1) is 0 Å². The van der Waals surface area contributed by atoms with Gasteiger partial charge in [0, 0.05) is 21.5 Å². The fraction of sp³-hybridized carbons (Fsp3) is 0.160. The molecule has 4 nitrogen and oxygen atoms in total. The molecule has 0 radical (unpaired) electrons. The van der Waals surface area contributed by atoms with Gasteiger partial charge in [-0.1, -0.05) is 64.5 Å². The normalized spacial score (nSPS) is 11.8. The van der Waals surface area contributed by atoms with Crippen LogP contribution in [0.25, 0.3) is 22.0 Å². The minimum absolute atomic E-state index is 0.232. The number of nitrogens with zero attached hydrogens (tertiary/aromatic N) is 2. The van der Waals surface area contributed by atoms with Gasteiger partial charge in [0.2, 0.25) is 0 Å². The summed E-state index contributed by atoms with van der Waals surface area (Å²) < 4.78 is 29.8. The molecule has 6 heteroatoms. The minimum atomic E-state index is -3.84. The van der Waals surface area contributed by atoms with Crippen molar-refractivity contribution in [1.82, 2.24) is 4.98 Å². The molecule has 0 N–H and O–H groups in total. The first kappa shape index (κ1) is 21.5. The van der Waals surface area contributed by atoms with E-state index in [0.29, 0.717) is 5.82 Å². The summed E-state index contributed by atoms with van der Waals surface area (Å²) in [5, 5.41) is 1.01. The largest absolute Gasteiger partial charge is 0.265 e. The summed E-state index contributed by atoms with van der Waals surface area (Å²) in [6.45, 7) is 5.77. The highest BCUT2D eigenvalue weighted by Gasteiger charge is 2.32. The molecule has 0 aliphatic rings. The first-order valence-corrected chi connectivity index (χ1v) is 12.3. The van der Waals surface area contributed by atoms with E-state index in [1.807, 2.05) is 75.4 Å². The van der Waals surface area contributed by atoms with Gasteiger partial charge < -0.3 is 0 Å². The zero-order chi connectivity index (χ0) is 22.2. The van der Waals surface area contributed by atoms with Crippen molar-refractivity contribution in [3.05, 3.63) is 88.9 Å². The molecule has 0 amide bonds. The molecular weight excluding hydrogens is 472 g/mol. The van der Waals surface area contributed by atoms with E-state index in [2.05, 4.69) is 15.9 Å². The highest BCUT2D eigenvalue weighted by Crippen LogP contribution is 2.39. The Bertz CT molecular complexity index is 1340. The van der Waals surface area contributed by atoms with Crippen LogP contribution in [0.3, 0.4) is 0 Å². The number of rotatable bonds is 5. The predicted molar refractivity (Wildman–Crippen MR) is 131 cm³/mol. The van der Waals surface area contributed by atoms with Crippen molar-refractivity contribution in [2.45, 2.75) is 31.7 Å². The predicted octanol–water partition coefficient (Wildman–Crippen LogP) is 6.58. The van der Waals surface area contributed by atoms with Crippen molar-refractivity contribution in [1.29, 1.82) is 0 Å². The molecule has 1 heterocycles. The van der Waals surface area contributed by atoms with Gasteiger partial charge in [-0.3, -0.25) is 0 Å². The Morgan fingerprint density at radius 3 is 2.13 bits per heavy atom. The molecule has 0 saturated heterocycles. The lowest BCUT2D eigenvalue weighted by Gasteiger charge is -2.30. The van der Waals surface area contributed by atoms with Crippen LogP contribution in [0.4, 0.5) is 5.82 Å². The number of hydrogen-bond donors (Lipinski definition) is 0. The lowest BCUT2D eigenvalue weighted by atomic mass is 9.97. The van der Waals surface area contributed by atoms with Crippen LogP contribution in [-0.4, -0.2) is 19.4 Å². The van der Waals surface area contributed by atoms with Gasteiger partial charge in [-0.2, -0.15) is 0 Å². The van der Waals surface area contributed by atoms with Crippen molar-refractivity contribution < 1.29 is 8.42 Å². The molecule has 0 aliphatic carbocycles. The molecule has 1 aromatic heterocycles. The first-order chi connectivity index (χ1) is 14.8. The van der Waals surface area contributed by atoms with Gasteiger partial charge >= 0.3 is 0 Å². The second-order valence-electron chi connectivity index (χ2n) is 7.67. The Labute approximate surface area is 191 Å². The molecule has 31 heavy (non-hydrogen) atoms. The fourth-order valence-electron chi connectivity index (χ4n) is 3.83. The molecule has 0 bridgehead atoms. The lowest BCUT2D eigenvalue weighted by Crippen LogP contribution is -2.38. The number of sulfonamides is 1. The van der Waals surface area contributed by atoms with Gasteiger partial charge in [0.25, 0.3) is 10.0 Å². The second-order valence-corrected chi connectivity index (χ2v) is 10.4. The van der Waals surface area contributed by atoms with Crippen LogP contribution in [0.1, 0.15) is 19.4 Å². The van der Waals surface area contributed by atoms with Gasteiger partial charge in [0.1, 0.15) is 0 Å². The van der Waals surface area contributed by atoms with E-state index in [9.17, 15) is 8.42 Å². The third kappa shape index (κ3) is 3.98. The summed E-state index contributed by atoms with van der Waals surface area (Å²) in [5.74, 6) is 0.445. The smallest absolute Gasteiger partial charge is 0.247 e. The molecule has 3 aromatic carbocycles. The van der Waals surface area contributed by atoms with Gasteiger partial charge in [-0.05, 0) is 62.2 Å². The maximum Gasteiger partial charge on any atom is 0.265 e. The van der Waals surface area contributed by atoms with Crippen LogP contribution < -0.4 is 4.31 Å². The number of aryl methyl sites for hydroxylation is 1. The summed E-state index contributed by atoms with van der Waals surface area (Å²) in [7, 11) is -3.84. The van der Waals surface area contributed by atoms with Crippen LogP contribution in [-0.2, 0) is 10.0 Å². The summed E-state index contributed by atoms with van der Waals surface area (Å²) >= 11 is 3.38. The topological polar surface area (TPSA) is 50.3 Å². The Morgan fingerprint density at radius 1 is 0.871 bits per heavy atom. The summed E-state index contributed by atoms with van der Waals surface area (Å²) in [4.78, 5) is 5.11. The van der Waals surface area contributed by atoms with Crippen molar-refractivity contribution in [2.75, 3.05) is 4.31 Å². The van der Waals surface area contributed by atoms with E-state index in [1.165, 1.54) is 4.31 Å². The molecule has 0 atom stereocenters. The number of hydrogen-bond acceptors (Lipinski definition) is 3. The number of pyridine rings is 1. The van der Waals surface area contributed by atoms with Crippen molar-refractivity contribution in [3.63, 3.8) is 0 Å². The minimum Gasteiger partial charge on any atom is -0.247 e. The van der Waals surface area contributed by atoms with E-state index in [1.54, 1.807) is 24.3 Å². The van der Waals surface area contributed by atoms with Crippen molar-refractivity contribution in [3.8, 4) is 11.1 Å². The maximum absolute atomic E-state index is 13.8. The number of aromatic nitrogens is 1. The van der Waals surface area contributed by atoms with E-state index < -0.39 is 10.0 Å². The van der Waals surface area contributed by atoms with Crippen molar-refractivity contribution >= 4 is 42.7 Å². The first-order valence-electron chi connectivity index (χ1n) is 10.1. The van der Waals surface area contributed by atoms with Crippen LogP contribution in [0.15, 0.2) is 88.2 Å². The average Bonchev–Trinajstić information content (AvgIpc) is 2.74. The lowest BCUT2D eigenvalue weighted by molar-refractivity contribution is 0.583. The van der Waals surface area contributed by atoms with Gasteiger partial charge in [0.05, 0.1) is 10.4 Å². The molecule has 0 saturated carbocycles. The van der Waals surface area contributed by atoms with Gasteiger partial charge in [0.15, 0.2) is 5.82 Å². The van der Waals surface area contributed by atoms with Gasteiger partial charge in [-0.25, -0.2) is 17.7 Å². The number of halogens is 1.